The maximum Gasteiger partial charge on any atom is 0.317 e. The number of rotatable bonds is 4. The highest BCUT2D eigenvalue weighted by Crippen LogP contribution is 2.21. The second-order valence-corrected chi connectivity index (χ2v) is 4.83. The van der Waals surface area contributed by atoms with E-state index < -0.39 is 0 Å². The van der Waals surface area contributed by atoms with Crippen molar-refractivity contribution in [1.29, 1.82) is 0 Å². The molecule has 2 rings (SSSR count). The predicted octanol–water partition coefficient (Wildman–Crippen LogP) is 2.22. The lowest BCUT2D eigenvalue weighted by atomic mass is 10.2. The van der Waals surface area contributed by atoms with E-state index in [1.807, 2.05) is 0 Å². The Kier molecular flexibility index (Phi) is 4.49. The van der Waals surface area contributed by atoms with Crippen molar-refractivity contribution >= 4 is 35.1 Å². The van der Waals surface area contributed by atoms with Crippen LogP contribution in [0.5, 0.6) is 0 Å². The number of nitrogens with zero attached hydrogens (tertiary/aromatic N) is 2. The van der Waals surface area contributed by atoms with Gasteiger partial charge in [0.15, 0.2) is 0 Å². The van der Waals surface area contributed by atoms with Gasteiger partial charge in [-0.05, 0) is 12.5 Å². The molecule has 98 valence electrons. The van der Waals surface area contributed by atoms with E-state index in [9.17, 15) is 4.79 Å². The van der Waals surface area contributed by atoms with Gasteiger partial charge in [0, 0.05) is 32.4 Å². The Labute approximate surface area is 115 Å². The quantitative estimate of drug-likeness (QED) is 0.836. The van der Waals surface area contributed by atoms with Crippen LogP contribution in [0.3, 0.4) is 0 Å². The molecule has 1 aliphatic heterocycles. The lowest BCUT2D eigenvalue weighted by Crippen LogP contribution is -2.48. The molecule has 0 spiro atoms. The smallest absolute Gasteiger partial charge is 0.317 e. The highest BCUT2D eigenvalue weighted by molar-refractivity contribution is 6.35. The SMILES string of the molecule is O=C(NCCNc1ncc(Cl)cc1Cl)N1CCC1. The highest BCUT2D eigenvalue weighted by atomic mass is 35.5. The monoisotopic (exact) mass is 288 g/mol. The summed E-state index contributed by atoms with van der Waals surface area (Å²) in [5.41, 5.74) is 0. The van der Waals surface area contributed by atoms with E-state index in [1.165, 1.54) is 6.20 Å². The van der Waals surface area contributed by atoms with Gasteiger partial charge in [0.25, 0.3) is 0 Å². The third-order valence-corrected chi connectivity index (χ3v) is 3.14. The van der Waals surface area contributed by atoms with E-state index in [-0.39, 0.29) is 6.03 Å². The molecule has 0 radical (unpaired) electrons. The zero-order valence-corrected chi connectivity index (χ0v) is 11.3. The summed E-state index contributed by atoms with van der Waals surface area (Å²) in [7, 11) is 0. The molecule has 0 unspecified atom stereocenters. The first kappa shape index (κ1) is 13.2. The van der Waals surface area contributed by atoms with Crippen molar-refractivity contribution in [1.82, 2.24) is 15.2 Å². The molecule has 0 atom stereocenters. The fourth-order valence-corrected chi connectivity index (χ4v) is 1.97. The maximum absolute atomic E-state index is 11.5. The number of carbonyl (C=O) groups excluding carboxylic acids is 1. The van der Waals surface area contributed by atoms with E-state index in [4.69, 9.17) is 23.2 Å². The molecule has 2 amide bonds. The largest absolute Gasteiger partial charge is 0.367 e. The van der Waals surface area contributed by atoms with Gasteiger partial charge in [-0.25, -0.2) is 9.78 Å². The number of hydrogen-bond acceptors (Lipinski definition) is 3. The molecule has 0 aromatic carbocycles. The van der Waals surface area contributed by atoms with E-state index in [2.05, 4.69) is 15.6 Å². The molecule has 5 nitrogen and oxygen atoms in total. The van der Waals surface area contributed by atoms with Crippen molar-refractivity contribution in [3.63, 3.8) is 0 Å². The minimum Gasteiger partial charge on any atom is -0.367 e. The van der Waals surface area contributed by atoms with Crippen molar-refractivity contribution in [3.05, 3.63) is 22.3 Å². The first-order valence-corrected chi connectivity index (χ1v) is 6.50. The van der Waals surface area contributed by atoms with Crippen molar-refractivity contribution in [3.8, 4) is 0 Å². The molecular weight excluding hydrogens is 275 g/mol. The molecule has 2 heterocycles. The van der Waals surface area contributed by atoms with Crippen LogP contribution < -0.4 is 10.6 Å². The fraction of sp³-hybridized carbons (Fsp3) is 0.455. The summed E-state index contributed by atoms with van der Waals surface area (Å²) in [6.07, 6.45) is 2.62. The molecular formula is C11H14Cl2N4O. The maximum atomic E-state index is 11.5. The highest BCUT2D eigenvalue weighted by Gasteiger charge is 2.19. The second-order valence-electron chi connectivity index (χ2n) is 3.98. The molecule has 1 saturated heterocycles. The fourth-order valence-electron chi connectivity index (χ4n) is 1.53. The Hall–Kier alpha value is -1.20. The van der Waals surface area contributed by atoms with E-state index in [0.717, 1.165) is 19.5 Å². The van der Waals surface area contributed by atoms with Crippen LogP contribution in [0, 0.1) is 0 Å². The van der Waals surface area contributed by atoms with Crippen molar-refractivity contribution in [2.75, 3.05) is 31.5 Å². The summed E-state index contributed by atoms with van der Waals surface area (Å²) >= 11 is 11.7. The Morgan fingerprint density at radius 1 is 1.39 bits per heavy atom. The molecule has 1 aliphatic rings. The summed E-state index contributed by atoms with van der Waals surface area (Å²) in [5.74, 6) is 0.569. The summed E-state index contributed by atoms with van der Waals surface area (Å²) in [5, 5.41) is 6.81. The zero-order chi connectivity index (χ0) is 13.0. The van der Waals surface area contributed by atoms with Gasteiger partial charge >= 0.3 is 6.03 Å². The standard InChI is InChI=1S/C11H14Cl2N4O/c12-8-6-9(13)10(16-7-8)14-2-3-15-11(18)17-4-1-5-17/h6-7H,1-5H2,(H,14,16)(H,15,18). The lowest BCUT2D eigenvalue weighted by molar-refractivity contribution is 0.168. The molecule has 1 aromatic heterocycles. The minimum atomic E-state index is -0.0155. The number of pyridine rings is 1. The Morgan fingerprint density at radius 3 is 2.78 bits per heavy atom. The predicted molar refractivity (Wildman–Crippen MR) is 72.3 cm³/mol. The van der Waals surface area contributed by atoms with Gasteiger partial charge in [-0.1, -0.05) is 23.2 Å². The van der Waals surface area contributed by atoms with Gasteiger partial charge in [0.05, 0.1) is 10.0 Å². The van der Waals surface area contributed by atoms with Gasteiger partial charge in [0.1, 0.15) is 5.82 Å². The molecule has 0 aliphatic carbocycles. The van der Waals surface area contributed by atoms with Crippen LogP contribution in [-0.2, 0) is 0 Å². The normalized spacial score (nSPS) is 14.0. The number of likely N-dealkylation sites (tertiary alicyclic amines) is 1. The number of urea groups is 1. The van der Waals surface area contributed by atoms with Crippen LogP contribution in [0.15, 0.2) is 12.3 Å². The number of hydrogen-bond donors (Lipinski definition) is 2. The topological polar surface area (TPSA) is 57.3 Å². The minimum absolute atomic E-state index is 0.0155. The lowest BCUT2D eigenvalue weighted by Gasteiger charge is -2.30. The summed E-state index contributed by atoms with van der Waals surface area (Å²) in [6.45, 7) is 2.79. The molecule has 18 heavy (non-hydrogen) atoms. The van der Waals surface area contributed by atoms with Crippen LogP contribution >= 0.6 is 23.2 Å². The molecule has 0 saturated carbocycles. The number of anilines is 1. The molecule has 0 bridgehead atoms. The Balaban J connectivity index is 1.70. The number of amides is 2. The van der Waals surface area contributed by atoms with Gasteiger partial charge in [-0.3, -0.25) is 0 Å². The van der Waals surface area contributed by atoms with Crippen LogP contribution in [0.4, 0.5) is 10.6 Å². The molecule has 7 heteroatoms. The van der Waals surface area contributed by atoms with Gasteiger partial charge in [0.2, 0.25) is 0 Å². The van der Waals surface area contributed by atoms with E-state index >= 15 is 0 Å². The van der Waals surface area contributed by atoms with Crippen molar-refractivity contribution in [2.24, 2.45) is 0 Å². The van der Waals surface area contributed by atoms with Gasteiger partial charge in [-0.15, -0.1) is 0 Å². The summed E-state index contributed by atoms with van der Waals surface area (Å²) < 4.78 is 0. The van der Waals surface area contributed by atoms with Crippen LogP contribution in [0.25, 0.3) is 0 Å². The van der Waals surface area contributed by atoms with Gasteiger partial charge in [-0.2, -0.15) is 0 Å². The first-order valence-electron chi connectivity index (χ1n) is 5.74. The van der Waals surface area contributed by atoms with Gasteiger partial charge < -0.3 is 15.5 Å². The Bertz CT molecular complexity index is 437. The second kappa shape index (κ2) is 6.11. The summed E-state index contributed by atoms with van der Waals surface area (Å²) in [4.78, 5) is 17.3. The number of nitrogens with one attached hydrogen (secondary N) is 2. The molecule has 2 N–H and O–H groups in total. The molecule has 1 fully saturated rings. The number of halogens is 2. The van der Waals surface area contributed by atoms with E-state index in [1.54, 1.807) is 11.0 Å². The summed E-state index contributed by atoms with van der Waals surface area (Å²) in [6, 6.07) is 1.61. The van der Waals surface area contributed by atoms with Crippen LogP contribution in [0.2, 0.25) is 10.0 Å². The number of aromatic nitrogens is 1. The third-order valence-electron chi connectivity index (χ3n) is 2.64. The van der Waals surface area contributed by atoms with E-state index in [0.29, 0.717) is 29.0 Å². The Morgan fingerprint density at radius 2 is 2.17 bits per heavy atom. The average molecular weight is 289 g/mol. The van der Waals surface area contributed by atoms with Crippen molar-refractivity contribution in [2.45, 2.75) is 6.42 Å². The zero-order valence-electron chi connectivity index (χ0n) is 9.75. The van der Waals surface area contributed by atoms with Crippen LogP contribution in [-0.4, -0.2) is 42.1 Å². The van der Waals surface area contributed by atoms with Crippen molar-refractivity contribution < 1.29 is 4.79 Å². The molecule has 1 aromatic rings. The van der Waals surface area contributed by atoms with Crippen LogP contribution in [0.1, 0.15) is 6.42 Å². The third kappa shape index (κ3) is 3.40. The average Bonchev–Trinajstić information content (AvgIpc) is 2.24. The first-order chi connectivity index (χ1) is 8.66. The number of carbonyl (C=O) groups is 1.